The average molecular weight is 448 g/mol. The molecule has 4 heterocycles. The number of nitrogens with one attached hydrogen (secondary N) is 1. The lowest BCUT2D eigenvalue weighted by molar-refractivity contribution is 0.0740. The van der Waals surface area contributed by atoms with Gasteiger partial charge in [0.1, 0.15) is 5.69 Å². The second kappa shape index (κ2) is 9.58. The number of anilines is 2. The number of morpholine rings is 1. The van der Waals surface area contributed by atoms with E-state index >= 15 is 0 Å². The summed E-state index contributed by atoms with van der Waals surface area (Å²) in [5, 5.41) is 16.1. The highest BCUT2D eigenvalue weighted by Crippen LogP contribution is 2.21. The van der Waals surface area contributed by atoms with Crippen LogP contribution in [-0.2, 0) is 11.2 Å². The third-order valence-corrected chi connectivity index (χ3v) is 6.33. The van der Waals surface area contributed by atoms with Crippen LogP contribution in [0.5, 0.6) is 0 Å². The lowest BCUT2D eigenvalue weighted by Crippen LogP contribution is -2.49. The van der Waals surface area contributed by atoms with E-state index in [4.69, 9.17) is 4.74 Å². The number of ether oxygens (including phenoxy) is 1. The Morgan fingerprint density at radius 3 is 2.15 bits per heavy atom. The molecule has 1 amide bonds. The predicted molar refractivity (Wildman–Crippen MR) is 127 cm³/mol. The zero-order valence-corrected chi connectivity index (χ0v) is 18.9. The third kappa shape index (κ3) is 4.68. The second-order valence-electron chi connectivity index (χ2n) is 8.35. The Morgan fingerprint density at radius 1 is 0.909 bits per heavy atom. The summed E-state index contributed by atoms with van der Waals surface area (Å²) in [6.45, 7) is 7.96. The Hall–Kier alpha value is -3.46. The standard InChI is InChI=1S/C24H29N7O2/c1-2-18-3-5-19(6-4-18)20-17-21(26-25-20)24(32)31-11-9-29(10-12-31)22-7-8-23(28-27-22)30-13-15-33-16-14-30/h3-8,17H,2,9-16H2,1H3,(H,25,26). The number of aryl methyl sites for hydroxylation is 1. The number of hydrogen-bond acceptors (Lipinski definition) is 7. The maximum Gasteiger partial charge on any atom is 0.272 e. The van der Waals surface area contributed by atoms with Crippen LogP contribution in [0.25, 0.3) is 11.3 Å². The van der Waals surface area contributed by atoms with Crippen LogP contribution >= 0.6 is 0 Å². The minimum atomic E-state index is -0.0210. The summed E-state index contributed by atoms with van der Waals surface area (Å²) in [4.78, 5) is 19.2. The highest BCUT2D eigenvalue weighted by molar-refractivity contribution is 5.93. The fourth-order valence-corrected chi connectivity index (χ4v) is 4.25. The molecule has 9 nitrogen and oxygen atoms in total. The van der Waals surface area contributed by atoms with Gasteiger partial charge in [0.15, 0.2) is 11.6 Å². The molecule has 0 spiro atoms. The highest BCUT2D eigenvalue weighted by Gasteiger charge is 2.25. The molecule has 0 unspecified atom stereocenters. The van der Waals surface area contributed by atoms with Crippen molar-refractivity contribution in [2.24, 2.45) is 0 Å². The fraction of sp³-hybridized carbons (Fsp3) is 0.417. The van der Waals surface area contributed by atoms with E-state index in [0.29, 0.717) is 18.8 Å². The molecule has 1 N–H and O–H groups in total. The van der Waals surface area contributed by atoms with E-state index in [0.717, 1.165) is 68.7 Å². The zero-order chi connectivity index (χ0) is 22.6. The molecule has 0 aliphatic carbocycles. The number of aromatic nitrogens is 4. The SMILES string of the molecule is CCc1ccc(-c2cc(C(=O)N3CCN(c4ccc(N5CCOCC5)nn4)CC3)[nH]n2)cc1. The first-order chi connectivity index (χ1) is 16.2. The normalized spacial score (nSPS) is 16.8. The van der Waals surface area contributed by atoms with E-state index < -0.39 is 0 Å². The van der Waals surface area contributed by atoms with Gasteiger partial charge in [-0.05, 0) is 30.2 Å². The molecule has 0 atom stereocenters. The van der Waals surface area contributed by atoms with Crippen LogP contribution in [0.3, 0.4) is 0 Å². The Kier molecular flexibility index (Phi) is 6.21. The van der Waals surface area contributed by atoms with Gasteiger partial charge in [-0.25, -0.2) is 0 Å². The summed E-state index contributed by atoms with van der Waals surface area (Å²) in [6.07, 6.45) is 1.00. The van der Waals surface area contributed by atoms with E-state index in [-0.39, 0.29) is 5.91 Å². The Balaban J connectivity index is 1.18. The lowest BCUT2D eigenvalue weighted by atomic mass is 10.1. The van der Waals surface area contributed by atoms with Gasteiger partial charge in [0.05, 0.1) is 18.9 Å². The molecule has 0 bridgehead atoms. The number of piperazine rings is 1. The smallest absolute Gasteiger partial charge is 0.272 e. The van der Waals surface area contributed by atoms with E-state index in [1.54, 1.807) is 0 Å². The van der Waals surface area contributed by atoms with E-state index in [2.05, 4.69) is 49.3 Å². The van der Waals surface area contributed by atoms with Crippen molar-refractivity contribution in [1.29, 1.82) is 0 Å². The first kappa shape index (κ1) is 21.4. The number of H-pyrrole nitrogens is 1. The number of carbonyl (C=O) groups is 1. The Bertz CT molecular complexity index is 1070. The largest absolute Gasteiger partial charge is 0.378 e. The highest BCUT2D eigenvalue weighted by atomic mass is 16.5. The summed E-state index contributed by atoms with van der Waals surface area (Å²) >= 11 is 0. The molecular weight excluding hydrogens is 418 g/mol. The van der Waals surface area contributed by atoms with Crippen molar-refractivity contribution >= 4 is 17.5 Å². The zero-order valence-electron chi connectivity index (χ0n) is 18.9. The molecule has 2 aliphatic rings. The molecule has 172 valence electrons. The minimum absolute atomic E-state index is 0.0210. The van der Waals surface area contributed by atoms with Crippen molar-refractivity contribution in [3.05, 3.63) is 53.7 Å². The number of aromatic amines is 1. The summed E-state index contributed by atoms with van der Waals surface area (Å²) in [5.41, 5.74) is 3.60. The van der Waals surface area contributed by atoms with Crippen LogP contribution in [-0.4, -0.2) is 83.7 Å². The molecule has 0 radical (unpaired) electrons. The van der Waals surface area contributed by atoms with Crippen LogP contribution in [0.4, 0.5) is 11.6 Å². The molecule has 2 saturated heterocycles. The third-order valence-electron chi connectivity index (χ3n) is 6.33. The molecule has 2 aliphatic heterocycles. The Labute approximate surface area is 193 Å². The molecular formula is C24H29N7O2. The van der Waals surface area contributed by atoms with Crippen LogP contribution in [0.1, 0.15) is 23.0 Å². The maximum absolute atomic E-state index is 13.0. The molecule has 1 aromatic carbocycles. The van der Waals surface area contributed by atoms with Crippen LogP contribution in [0.15, 0.2) is 42.5 Å². The van der Waals surface area contributed by atoms with Gasteiger partial charge in [0.25, 0.3) is 5.91 Å². The van der Waals surface area contributed by atoms with Crippen LogP contribution in [0, 0.1) is 0 Å². The number of nitrogens with zero attached hydrogens (tertiary/aromatic N) is 6. The quantitative estimate of drug-likeness (QED) is 0.641. The van der Waals surface area contributed by atoms with Gasteiger partial charge in [0.2, 0.25) is 0 Å². The van der Waals surface area contributed by atoms with E-state index in [1.807, 2.05) is 35.2 Å². The summed E-state index contributed by atoms with van der Waals surface area (Å²) in [7, 11) is 0. The van der Waals surface area contributed by atoms with Crippen LogP contribution in [0.2, 0.25) is 0 Å². The van der Waals surface area contributed by atoms with Gasteiger partial charge in [-0.2, -0.15) is 5.10 Å². The number of carbonyl (C=O) groups excluding carboxylic acids is 1. The summed E-state index contributed by atoms with van der Waals surface area (Å²) in [5.74, 6) is 1.71. The van der Waals surface area contributed by atoms with E-state index in [1.165, 1.54) is 5.56 Å². The number of hydrogen-bond donors (Lipinski definition) is 1. The lowest BCUT2D eigenvalue weighted by Gasteiger charge is -2.35. The maximum atomic E-state index is 13.0. The number of amides is 1. The minimum Gasteiger partial charge on any atom is -0.378 e. The molecule has 2 aromatic heterocycles. The molecule has 3 aromatic rings. The van der Waals surface area contributed by atoms with Gasteiger partial charge in [-0.1, -0.05) is 31.2 Å². The van der Waals surface area contributed by atoms with Crippen molar-refractivity contribution in [1.82, 2.24) is 25.3 Å². The number of rotatable bonds is 5. The first-order valence-electron chi connectivity index (χ1n) is 11.6. The van der Waals surface area contributed by atoms with Gasteiger partial charge >= 0.3 is 0 Å². The van der Waals surface area contributed by atoms with Gasteiger partial charge in [0, 0.05) is 44.8 Å². The predicted octanol–water partition coefficient (Wildman–Crippen LogP) is 2.23. The average Bonchev–Trinajstić information content (AvgIpc) is 3.39. The summed E-state index contributed by atoms with van der Waals surface area (Å²) in [6, 6.07) is 14.2. The van der Waals surface area contributed by atoms with Crippen molar-refractivity contribution in [3.63, 3.8) is 0 Å². The fourth-order valence-electron chi connectivity index (χ4n) is 4.25. The molecule has 9 heteroatoms. The van der Waals surface area contributed by atoms with Gasteiger partial charge < -0.3 is 19.4 Å². The van der Waals surface area contributed by atoms with Crippen molar-refractivity contribution in [2.75, 3.05) is 62.3 Å². The van der Waals surface area contributed by atoms with E-state index in [9.17, 15) is 4.79 Å². The molecule has 33 heavy (non-hydrogen) atoms. The van der Waals surface area contributed by atoms with Crippen molar-refractivity contribution < 1.29 is 9.53 Å². The first-order valence-corrected chi connectivity index (χ1v) is 11.6. The topological polar surface area (TPSA) is 90.5 Å². The number of benzene rings is 1. The van der Waals surface area contributed by atoms with Crippen molar-refractivity contribution in [3.8, 4) is 11.3 Å². The molecule has 0 saturated carbocycles. The van der Waals surface area contributed by atoms with Gasteiger partial charge in [-0.3, -0.25) is 9.89 Å². The van der Waals surface area contributed by atoms with Crippen molar-refractivity contribution in [2.45, 2.75) is 13.3 Å². The Morgan fingerprint density at radius 2 is 1.55 bits per heavy atom. The molecule has 2 fully saturated rings. The van der Waals surface area contributed by atoms with Gasteiger partial charge in [-0.15, -0.1) is 10.2 Å². The van der Waals surface area contributed by atoms with Crippen LogP contribution < -0.4 is 9.80 Å². The molecule has 5 rings (SSSR count). The summed E-state index contributed by atoms with van der Waals surface area (Å²) < 4.78 is 5.40. The second-order valence-corrected chi connectivity index (χ2v) is 8.35. The monoisotopic (exact) mass is 447 g/mol.